The molecule has 1 saturated heterocycles. The first-order valence-corrected chi connectivity index (χ1v) is 8.88. The van der Waals surface area contributed by atoms with E-state index in [1.165, 1.54) is 13.2 Å². The average molecular weight is 371 g/mol. The van der Waals surface area contributed by atoms with Crippen LogP contribution in [-0.2, 0) is 16.0 Å². The second kappa shape index (κ2) is 8.20. The van der Waals surface area contributed by atoms with E-state index in [4.69, 9.17) is 4.74 Å². The first-order valence-electron chi connectivity index (χ1n) is 8.88. The maximum atomic E-state index is 14.2. The number of likely N-dealkylation sites (tertiary alicyclic amines) is 1. The van der Waals surface area contributed by atoms with E-state index in [1.807, 2.05) is 30.3 Å². The molecule has 0 bridgehead atoms. The van der Waals surface area contributed by atoms with Crippen molar-refractivity contribution in [2.24, 2.45) is 5.92 Å². The molecule has 1 aliphatic heterocycles. The minimum absolute atomic E-state index is 0.123. The lowest BCUT2D eigenvalue weighted by Crippen LogP contribution is -2.30. The Morgan fingerprint density at radius 1 is 1.15 bits per heavy atom. The third kappa shape index (κ3) is 4.10. The minimum Gasteiger partial charge on any atom is -0.494 e. The fourth-order valence-corrected chi connectivity index (χ4v) is 3.60. The maximum Gasteiger partial charge on any atom is 0.308 e. The molecule has 1 amide bonds. The SMILES string of the molecule is COc1cccc(CCC(=O)N2C[C@H](C(=O)O)[C@H](c3ccccc3)C2)c1F. The largest absolute Gasteiger partial charge is 0.494 e. The van der Waals surface area contributed by atoms with Gasteiger partial charge in [0.05, 0.1) is 13.0 Å². The molecule has 1 aliphatic rings. The molecule has 0 aromatic heterocycles. The number of hydrogen-bond acceptors (Lipinski definition) is 3. The van der Waals surface area contributed by atoms with Crippen molar-refractivity contribution in [1.82, 2.24) is 4.90 Å². The van der Waals surface area contributed by atoms with Crippen molar-refractivity contribution in [2.45, 2.75) is 18.8 Å². The predicted octanol–water partition coefficient (Wildman–Crippen LogP) is 3.09. The number of carbonyl (C=O) groups is 2. The van der Waals surface area contributed by atoms with E-state index < -0.39 is 17.7 Å². The number of benzene rings is 2. The molecule has 1 heterocycles. The Morgan fingerprint density at radius 3 is 2.56 bits per heavy atom. The molecular weight excluding hydrogens is 349 g/mol. The summed E-state index contributed by atoms with van der Waals surface area (Å²) in [4.78, 5) is 25.8. The quantitative estimate of drug-likeness (QED) is 0.847. The summed E-state index contributed by atoms with van der Waals surface area (Å²) in [6.07, 6.45) is 0.365. The van der Waals surface area contributed by atoms with E-state index in [9.17, 15) is 19.1 Å². The summed E-state index contributed by atoms with van der Waals surface area (Å²) in [5, 5.41) is 9.55. The van der Waals surface area contributed by atoms with Crippen molar-refractivity contribution >= 4 is 11.9 Å². The van der Waals surface area contributed by atoms with Gasteiger partial charge in [0.1, 0.15) is 0 Å². The summed E-state index contributed by atoms with van der Waals surface area (Å²) in [7, 11) is 1.40. The molecule has 0 saturated carbocycles. The number of ether oxygens (including phenoxy) is 1. The normalized spacial score (nSPS) is 19.1. The van der Waals surface area contributed by atoms with Crippen molar-refractivity contribution in [2.75, 3.05) is 20.2 Å². The van der Waals surface area contributed by atoms with Crippen molar-refractivity contribution < 1.29 is 23.8 Å². The Morgan fingerprint density at radius 2 is 1.89 bits per heavy atom. The minimum atomic E-state index is -0.905. The van der Waals surface area contributed by atoms with E-state index in [2.05, 4.69) is 0 Å². The van der Waals surface area contributed by atoms with Crippen LogP contribution in [-0.4, -0.2) is 42.1 Å². The number of methoxy groups -OCH3 is 1. The predicted molar refractivity (Wildman–Crippen MR) is 98.2 cm³/mol. The lowest BCUT2D eigenvalue weighted by molar-refractivity contribution is -0.141. The summed E-state index contributed by atoms with van der Waals surface area (Å²) in [6, 6.07) is 14.2. The van der Waals surface area contributed by atoms with Gasteiger partial charge in [-0.2, -0.15) is 0 Å². The van der Waals surface area contributed by atoms with Crippen LogP contribution >= 0.6 is 0 Å². The van der Waals surface area contributed by atoms with E-state index in [-0.39, 0.29) is 37.0 Å². The number of hydrogen-bond donors (Lipinski definition) is 1. The summed E-state index contributed by atoms with van der Waals surface area (Å²) in [5.41, 5.74) is 1.33. The fraction of sp³-hybridized carbons (Fsp3) is 0.333. The van der Waals surface area contributed by atoms with E-state index in [1.54, 1.807) is 17.0 Å². The molecule has 2 atom stereocenters. The molecule has 27 heavy (non-hydrogen) atoms. The van der Waals surface area contributed by atoms with Gasteiger partial charge in [-0.1, -0.05) is 42.5 Å². The van der Waals surface area contributed by atoms with E-state index in [0.29, 0.717) is 12.1 Å². The Hall–Kier alpha value is -2.89. The van der Waals surface area contributed by atoms with Gasteiger partial charge in [-0.05, 0) is 23.6 Å². The maximum absolute atomic E-state index is 14.2. The summed E-state index contributed by atoms with van der Waals surface area (Å²) >= 11 is 0. The number of nitrogens with zero attached hydrogens (tertiary/aromatic N) is 1. The van der Waals surface area contributed by atoms with Gasteiger partial charge in [0.2, 0.25) is 5.91 Å². The zero-order chi connectivity index (χ0) is 19.4. The Bertz CT molecular complexity index is 824. The number of halogens is 1. The standard InChI is InChI=1S/C21H22FNO4/c1-27-18-9-5-8-15(20(18)22)10-11-19(24)23-12-16(17(13-23)21(25)26)14-6-3-2-4-7-14/h2-9,16-17H,10-13H2,1H3,(H,25,26)/t16-,17-/m0/s1. The topological polar surface area (TPSA) is 66.8 Å². The lowest BCUT2D eigenvalue weighted by atomic mass is 9.89. The molecule has 3 rings (SSSR count). The molecular formula is C21H22FNO4. The third-order valence-electron chi connectivity index (χ3n) is 5.09. The van der Waals surface area contributed by atoms with Gasteiger partial charge >= 0.3 is 5.97 Å². The number of amides is 1. The summed E-state index contributed by atoms with van der Waals surface area (Å²) < 4.78 is 19.2. The zero-order valence-corrected chi connectivity index (χ0v) is 15.1. The highest BCUT2D eigenvalue weighted by Crippen LogP contribution is 2.33. The van der Waals surface area contributed by atoms with Crippen molar-refractivity contribution in [3.8, 4) is 5.75 Å². The molecule has 1 N–H and O–H groups in total. The van der Waals surface area contributed by atoms with Crippen LogP contribution in [0.15, 0.2) is 48.5 Å². The first-order chi connectivity index (χ1) is 13.0. The van der Waals surface area contributed by atoms with Crippen molar-refractivity contribution in [3.05, 3.63) is 65.5 Å². The number of carboxylic acids is 1. The average Bonchev–Trinajstić information content (AvgIpc) is 3.13. The van der Waals surface area contributed by atoms with Gasteiger partial charge in [-0.25, -0.2) is 4.39 Å². The summed E-state index contributed by atoms with van der Waals surface area (Å²) in [5.74, 6) is -2.25. The molecule has 5 nitrogen and oxygen atoms in total. The highest BCUT2D eigenvalue weighted by Gasteiger charge is 2.40. The smallest absolute Gasteiger partial charge is 0.308 e. The van der Waals surface area contributed by atoms with Crippen LogP contribution in [0, 0.1) is 11.7 Å². The van der Waals surface area contributed by atoms with Gasteiger partial charge in [0, 0.05) is 25.4 Å². The third-order valence-corrected chi connectivity index (χ3v) is 5.09. The zero-order valence-electron chi connectivity index (χ0n) is 15.1. The lowest BCUT2D eigenvalue weighted by Gasteiger charge is -2.17. The van der Waals surface area contributed by atoms with Crippen molar-refractivity contribution in [3.63, 3.8) is 0 Å². The van der Waals surface area contributed by atoms with E-state index >= 15 is 0 Å². The molecule has 0 unspecified atom stereocenters. The number of rotatable bonds is 6. The summed E-state index contributed by atoms with van der Waals surface area (Å²) in [6.45, 7) is 0.536. The molecule has 0 spiro atoms. The van der Waals surface area contributed by atoms with Gasteiger partial charge in [0.25, 0.3) is 0 Å². The number of aliphatic carboxylic acids is 1. The van der Waals surface area contributed by atoms with Gasteiger partial charge in [-0.3, -0.25) is 9.59 Å². The van der Waals surface area contributed by atoms with Gasteiger partial charge < -0.3 is 14.7 Å². The fourth-order valence-electron chi connectivity index (χ4n) is 3.60. The van der Waals surface area contributed by atoms with Crippen LogP contribution < -0.4 is 4.74 Å². The van der Waals surface area contributed by atoms with Gasteiger partial charge in [-0.15, -0.1) is 0 Å². The van der Waals surface area contributed by atoms with Crippen LogP contribution in [0.25, 0.3) is 0 Å². The Balaban J connectivity index is 1.68. The monoisotopic (exact) mass is 371 g/mol. The van der Waals surface area contributed by atoms with Crippen LogP contribution in [0.3, 0.4) is 0 Å². The molecule has 0 aliphatic carbocycles. The molecule has 0 radical (unpaired) electrons. The number of aryl methyl sites for hydroxylation is 1. The van der Waals surface area contributed by atoms with E-state index in [0.717, 1.165) is 5.56 Å². The Kier molecular flexibility index (Phi) is 5.74. The Labute approximate surface area is 157 Å². The van der Waals surface area contributed by atoms with Crippen LogP contribution in [0.1, 0.15) is 23.5 Å². The number of carboxylic acid groups (broad SMARTS) is 1. The molecule has 2 aromatic rings. The highest BCUT2D eigenvalue weighted by atomic mass is 19.1. The van der Waals surface area contributed by atoms with Crippen LogP contribution in [0.5, 0.6) is 5.75 Å². The highest BCUT2D eigenvalue weighted by molar-refractivity contribution is 5.80. The first kappa shape index (κ1) is 18.9. The molecule has 1 fully saturated rings. The van der Waals surface area contributed by atoms with Crippen LogP contribution in [0.4, 0.5) is 4.39 Å². The van der Waals surface area contributed by atoms with Crippen molar-refractivity contribution in [1.29, 1.82) is 0 Å². The van der Waals surface area contributed by atoms with Crippen LogP contribution in [0.2, 0.25) is 0 Å². The second-order valence-electron chi connectivity index (χ2n) is 6.69. The molecule has 142 valence electrons. The number of carbonyl (C=O) groups excluding carboxylic acids is 1. The molecule has 6 heteroatoms. The van der Waals surface area contributed by atoms with Gasteiger partial charge in [0.15, 0.2) is 11.6 Å². The molecule has 2 aromatic carbocycles. The second-order valence-corrected chi connectivity index (χ2v) is 6.69.